The number of aromatic nitrogens is 12. The van der Waals surface area contributed by atoms with Crippen molar-refractivity contribution in [1.29, 1.82) is 0 Å². The molecule has 4 N–H and O–H groups in total. The van der Waals surface area contributed by atoms with Gasteiger partial charge in [-0.1, -0.05) is 23.2 Å². The Bertz CT molecular complexity index is 3030. The summed E-state index contributed by atoms with van der Waals surface area (Å²) in [6, 6.07) is 14.9. The van der Waals surface area contributed by atoms with Crippen molar-refractivity contribution < 1.29 is 10.2 Å². The van der Waals surface area contributed by atoms with Crippen LogP contribution in [0.5, 0.6) is 0 Å². The molecule has 324 valence electrons. The highest BCUT2D eigenvalue weighted by Crippen LogP contribution is 2.28. The van der Waals surface area contributed by atoms with Crippen LogP contribution in [0.15, 0.2) is 82.9 Å². The predicted octanol–water partition coefficient (Wildman–Crippen LogP) is 6.36. The predicted molar refractivity (Wildman–Crippen MR) is 241 cm³/mol. The first kappa shape index (κ1) is 43.7. The Kier molecular flexibility index (Phi) is 12.1. The fourth-order valence-electron chi connectivity index (χ4n) is 6.66. The molecule has 0 aliphatic carbocycles. The number of hydrogen-bond donors (Lipinski definition) is 4. The number of fused-ring (bicyclic) bond motifs is 2. The number of rotatable bonds is 12. The molecule has 0 amide bonds. The number of aliphatic hydroxyl groups is 2. The van der Waals surface area contributed by atoms with Gasteiger partial charge in [0.2, 0.25) is 0 Å². The Morgan fingerprint density at radius 1 is 0.677 bits per heavy atom. The molecule has 0 saturated carbocycles. The number of aryl methyl sites for hydroxylation is 6. The molecule has 0 saturated heterocycles. The second-order valence-electron chi connectivity index (χ2n) is 16.3. The summed E-state index contributed by atoms with van der Waals surface area (Å²) in [6.45, 7) is 11.5. The second kappa shape index (κ2) is 17.2. The van der Waals surface area contributed by atoms with Gasteiger partial charge in [0.05, 0.1) is 51.4 Å². The van der Waals surface area contributed by atoms with E-state index in [0.717, 1.165) is 44.8 Å². The Morgan fingerprint density at radius 3 is 1.60 bits per heavy atom. The van der Waals surface area contributed by atoms with Crippen molar-refractivity contribution in [3.05, 3.63) is 116 Å². The van der Waals surface area contributed by atoms with Crippen LogP contribution in [0.4, 0.5) is 23.0 Å². The third-order valence-corrected chi connectivity index (χ3v) is 10.7. The van der Waals surface area contributed by atoms with Crippen molar-refractivity contribution in [2.24, 2.45) is 14.1 Å². The van der Waals surface area contributed by atoms with Crippen LogP contribution in [0.3, 0.4) is 0 Å². The maximum atomic E-state index is 12.7. The quantitative estimate of drug-likeness (QED) is 0.106. The van der Waals surface area contributed by atoms with Crippen molar-refractivity contribution in [2.75, 3.05) is 10.6 Å². The van der Waals surface area contributed by atoms with Crippen LogP contribution in [0, 0.1) is 13.8 Å². The molecule has 0 atom stereocenters. The third-order valence-electron chi connectivity index (χ3n) is 10.1. The number of nitrogens with one attached hydrogen (secondary N) is 2. The number of hydrogen-bond acceptors (Lipinski definition) is 12. The average molecular weight is 884 g/mol. The summed E-state index contributed by atoms with van der Waals surface area (Å²) in [6.07, 6.45) is 7.40. The largest absolute Gasteiger partial charge is 0.390 e. The van der Waals surface area contributed by atoms with Crippen LogP contribution in [0.25, 0.3) is 34.0 Å². The van der Waals surface area contributed by atoms with Gasteiger partial charge < -0.3 is 20.8 Å². The van der Waals surface area contributed by atoms with Crippen molar-refractivity contribution in [3.63, 3.8) is 0 Å². The Balaban J connectivity index is 0.000000186. The minimum Gasteiger partial charge on any atom is -0.390 e. The molecule has 2 aromatic carbocycles. The van der Waals surface area contributed by atoms with Gasteiger partial charge in [-0.15, -0.1) is 0 Å². The fraction of sp³-hybridized carbons (Fsp3) is 0.333. The lowest BCUT2D eigenvalue weighted by molar-refractivity contribution is 0.0656. The number of halogens is 2. The van der Waals surface area contributed by atoms with E-state index in [1.54, 1.807) is 81.8 Å². The summed E-state index contributed by atoms with van der Waals surface area (Å²) in [4.78, 5) is 42.9. The number of anilines is 4. The van der Waals surface area contributed by atoms with Gasteiger partial charge in [0, 0.05) is 56.6 Å². The fourth-order valence-corrected chi connectivity index (χ4v) is 6.94. The van der Waals surface area contributed by atoms with Gasteiger partial charge in [-0.25, -0.2) is 28.9 Å². The molecule has 62 heavy (non-hydrogen) atoms. The molecule has 0 fully saturated rings. The molecule has 6 aromatic heterocycles. The first-order valence-electron chi connectivity index (χ1n) is 19.7. The monoisotopic (exact) mass is 882 g/mol. The average Bonchev–Trinajstić information content (AvgIpc) is 3.96. The molecule has 8 aromatic rings. The molecule has 18 nitrogen and oxygen atoms in total. The minimum absolute atomic E-state index is 0.132. The van der Waals surface area contributed by atoms with E-state index in [2.05, 4.69) is 40.8 Å². The zero-order chi connectivity index (χ0) is 44.7. The first-order chi connectivity index (χ1) is 29.3. The smallest absolute Gasteiger partial charge is 0.328 e. The van der Waals surface area contributed by atoms with E-state index in [4.69, 9.17) is 23.2 Å². The summed E-state index contributed by atoms with van der Waals surface area (Å²) in [5.41, 5.74) is 4.31. The Morgan fingerprint density at radius 2 is 1.16 bits per heavy atom. The van der Waals surface area contributed by atoms with E-state index in [9.17, 15) is 19.8 Å². The van der Waals surface area contributed by atoms with Crippen LogP contribution < -0.4 is 22.0 Å². The molecular weight excluding hydrogens is 835 g/mol. The first-order valence-corrected chi connectivity index (χ1v) is 20.5. The molecule has 0 bridgehead atoms. The highest BCUT2D eigenvalue weighted by molar-refractivity contribution is 6.33. The van der Waals surface area contributed by atoms with Crippen LogP contribution in [0.1, 0.15) is 51.9 Å². The molecule has 6 heterocycles. The maximum absolute atomic E-state index is 12.7. The molecule has 0 aliphatic heterocycles. The van der Waals surface area contributed by atoms with Gasteiger partial charge in [-0.2, -0.15) is 20.2 Å². The summed E-state index contributed by atoms with van der Waals surface area (Å²) in [5.74, 6) is 1.66. The highest BCUT2D eigenvalue weighted by atomic mass is 35.5. The maximum Gasteiger partial charge on any atom is 0.328 e. The van der Waals surface area contributed by atoms with Crippen molar-refractivity contribution in [3.8, 4) is 11.9 Å². The topological polar surface area (TPSA) is 206 Å². The van der Waals surface area contributed by atoms with Crippen LogP contribution in [0.2, 0.25) is 10.0 Å². The minimum atomic E-state index is -0.868. The molecule has 0 spiro atoms. The molecule has 0 radical (unpaired) electrons. The third kappa shape index (κ3) is 9.58. The van der Waals surface area contributed by atoms with Crippen LogP contribution >= 0.6 is 23.2 Å². The molecule has 0 unspecified atom stereocenters. The van der Waals surface area contributed by atoms with Crippen LogP contribution in [-0.2, 0) is 27.2 Å². The number of nitrogens with zero attached hydrogens (tertiary/aromatic N) is 12. The highest BCUT2D eigenvalue weighted by Gasteiger charge is 2.19. The molecular formula is C42H48Cl2N14O4. The standard InChI is InChI=1S/2C21H24ClN7O2/c1-13-7-9-29(26-13)19-23-12-15(22)18(25-19)24-14-5-6-16-17(11-14)28(20(30)27(16)4)10-8-21(2,3)31;1-13-7-9-24-29(13)19-23-12-15(22)18(26-19)25-14-5-6-16-17(11-14)28(20(30)27(16)4)10-8-21(2,3)31/h5-7,9,11-12,31H,8,10H2,1-4H3,(H,23,24,25);5-7,9,11-12,31H,8,10H2,1-4H3,(H,23,25,26). The zero-order valence-electron chi connectivity index (χ0n) is 35.6. The summed E-state index contributed by atoms with van der Waals surface area (Å²) >= 11 is 12.6. The van der Waals surface area contributed by atoms with E-state index in [-0.39, 0.29) is 11.4 Å². The lowest BCUT2D eigenvalue weighted by Crippen LogP contribution is -2.27. The van der Waals surface area contributed by atoms with E-state index < -0.39 is 11.2 Å². The van der Waals surface area contributed by atoms with Crippen molar-refractivity contribution >= 4 is 68.3 Å². The SMILES string of the molecule is Cc1ccn(-c2ncc(Cl)c(Nc3ccc4c(c3)n(CCC(C)(C)O)c(=O)n4C)n2)n1.Cc1ccnn1-c1ncc(Cl)c(Nc2ccc3c(c2)n(CCC(C)(C)O)c(=O)n3C)n1. The lowest BCUT2D eigenvalue weighted by Gasteiger charge is -2.17. The number of imidazole rings is 2. The van der Waals surface area contributed by atoms with Crippen LogP contribution in [-0.4, -0.2) is 79.2 Å². The van der Waals surface area contributed by atoms with Gasteiger partial charge in [0.25, 0.3) is 11.9 Å². The Hall–Kier alpha value is -6.34. The molecule has 20 heteroatoms. The van der Waals surface area contributed by atoms with Gasteiger partial charge in [-0.3, -0.25) is 18.3 Å². The van der Waals surface area contributed by atoms with Gasteiger partial charge in [-0.05, 0) is 103 Å². The van der Waals surface area contributed by atoms with Crippen molar-refractivity contribution in [1.82, 2.24) is 57.8 Å². The zero-order valence-corrected chi connectivity index (χ0v) is 37.1. The normalized spacial score (nSPS) is 11.9. The van der Waals surface area contributed by atoms with E-state index in [0.29, 0.717) is 59.5 Å². The van der Waals surface area contributed by atoms with Crippen molar-refractivity contribution in [2.45, 2.75) is 78.7 Å². The van der Waals surface area contributed by atoms with Gasteiger partial charge >= 0.3 is 11.4 Å². The van der Waals surface area contributed by atoms with E-state index >= 15 is 0 Å². The van der Waals surface area contributed by atoms with E-state index in [1.807, 2.05) is 62.4 Å². The number of benzene rings is 2. The van der Waals surface area contributed by atoms with E-state index in [1.165, 1.54) is 12.4 Å². The summed E-state index contributed by atoms with van der Waals surface area (Å²) < 4.78 is 9.72. The van der Waals surface area contributed by atoms with Gasteiger partial charge in [0.15, 0.2) is 11.6 Å². The summed E-state index contributed by atoms with van der Waals surface area (Å²) in [7, 11) is 3.47. The summed E-state index contributed by atoms with van der Waals surface area (Å²) in [5, 5.41) is 35.9. The lowest BCUT2D eigenvalue weighted by atomic mass is 10.1. The van der Waals surface area contributed by atoms with Gasteiger partial charge in [0.1, 0.15) is 10.0 Å². The molecule has 8 rings (SSSR count). The second-order valence-corrected chi connectivity index (χ2v) is 17.1. The Labute approximate surface area is 366 Å². The molecule has 0 aliphatic rings.